The maximum absolute atomic E-state index is 4.06. The van der Waals surface area contributed by atoms with Crippen LogP contribution in [-0.2, 0) is 0 Å². The zero-order valence-corrected chi connectivity index (χ0v) is 10.3. The zero-order valence-electron chi connectivity index (χ0n) is 10.3. The fourth-order valence-corrected chi connectivity index (χ4v) is 2.93. The monoisotopic (exact) mass is 220 g/mol. The summed E-state index contributed by atoms with van der Waals surface area (Å²) in [5.41, 5.74) is 1.18. The summed E-state index contributed by atoms with van der Waals surface area (Å²) >= 11 is 0. The van der Waals surface area contributed by atoms with E-state index < -0.39 is 0 Å². The van der Waals surface area contributed by atoms with Crippen LogP contribution in [0.15, 0.2) is 16.8 Å². The van der Waals surface area contributed by atoms with Gasteiger partial charge in [-0.15, -0.1) is 0 Å². The number of hydrogen-bond acceptors (Lipinski definition) is 2. The minimum Gasteiger partial charge on any atom is -0.297 e. The number of rotatable bonds is 4. The van der Waals surface area contributed by atoms with Gasteiger partial charge in [0.1, 0.15) is 0 Å². The minimum atomic E-state index is 1.000. The molecule has 2 heteroatoms. The molecule has 1 fully saturated rings. The van der Waals surface area contributed by atoms with E-state index in [1.54, 1.807) is 0 Å². The molecule has 0 bridgehead atoms. The smallest absolute Gasteiger partial charge is 0.0497 e. The van der Waals surface area contributed by atoms with E-state index in [-0.39, 0.29) is 0 Å². The molecule has 1 saturated carbocycles. The molecular formula is C14H24N2. The van der Waals surface area contributed by atoms with Crippen LogP contribution in [0.5, 0.6) is 0 Å². The van der Waals surface area contributed by atoms with Gasteiger partial charge in [-0.2, -0.15) is 0 Å². The molecule has 0 N–H and O–H groups in total. The van der Waals surface area contributed by atoms with Crippen molar-refractivity contribution in [2.24, 2.45) is 10.9 Å². The Hall–Kier alpha value is -0.630. The van der Waals surface area contributed by atoms with Gasteiger partial charge >= 0.3 is 0 Å². The molecule has 1 aliphatic heterocycles. The highest BCUT2D eigenvalue weighted by atomic mass is 15.1. The van der Waals surface area contributed by atoms with Crippen LogP contribution in [0.25, 0.3) is 0 Å². The molecule has 1 aliphatic carbocycles. The van der Waals surface area contributed by atoms with E-state index in [4.69, 9.17) is 0 Å². The van der Waals surface area contributed by atoms with Gasteiger partial charge in [-0.25, -0.2) is 0 Å². The number of hydrogen-bond donors (Lipinski definition) is 0. The van der Waals surface area contributed by atoms with E-state index >= 15 is 0 Å². The van der Waals surface area contributed by atoms with Gasteiger partial charge in [-0.3, -0.25) is 9.89 Å². The van der Waals surface area contributed by atoms with Crippen molar-refractivity contribution in [3.05, 3.63) is 11.8 Å². The van der Waals surface area contributed by atoms with Crippen LogP contribution in [0.3, 0.4) is 0 Å². The van der Waals surface area contributed by atoms with E-state index in [9.17, 15) is 0 Å². The highest BCUT2D eigenvalue weighted by Crippen LogP contribution is 2.26. The molecule has 0 unspecified atom stereocenters. The van der Waals surface area contributed by atoms with Gasteiger partial charge in [0.25, 0.3) is 0 Å². The first kappa shape index (κ1) is 11.8. The Morgan fingerprint density at radius 2 is 2.12 bits per heavy atom. The molecule has 0 saturated heterocycles. The number of nitrogens with zero attached hydrogens (tertiary/aromatic N) is 2. The molecule has 0 radical (unpaired) electrons. The Morgan fingerprint density at radius 1 is 1.31 bits per heavy atom. The molecule has 0 aromatic rings. The predicted octanol–water partition coefficient (Wildman–Crippen LogP) is 3.25. The average Bonchev–Trinajstić information content (AvgIpc) is 2.38. The molecule has 16 heavy (non-hydrogen) atoms. The maximum Gasteiger partial charge on any atom is 0.0497 e. The first-order valence-corrected chi connectivity index (χ1v) is 6.76. The van der Waals surface area contributed by atoms with Gasteiger partial charge in [0.15, 0.2) is 0 Å². The molecule has 0 spiro atoms. The zero-order chi connectivity index (χ0) is 11.2. The Bertz CT molecular complexity index is 251. The largest absolute Gasteiger partial charge is 0.297 e. The van der Waals surface area contributed by atoms with Gasteiger partial charge in [0.05, 0.1) is 0 Å². The van der Waals surface area contributed by atoms with Crippen LogP contribution in [0.1, 0.15) is 44.9 Å². The third-order valence-electron chi connectivity index (χ3n) is 3.99. The van der Waals surface area contributed by atoms with E-state index in [0.29, 0.717) is 0 Å². The predicted molar refractivity (Wildman–Crippen MR) is 69.9 cm³/mol. The molecule has 90 valence electrons. The molecule has 2 nitrogen and oxygen atoms in total. The topological polar surface area (TPSA) is 15.6 Å². The highest BCUT2D eigenvalue weighted by Gasteiger charge is 2.16. The molecule has 2 aliphatic rings. The van der Waals surface area contributed by atoms with Crippen molar-refractivity contribution in [1.82, 2.24) is 4.90 Å². The molecule has 0 atom stereocenters. The minimum absolute atomic E-state index is 1.000. The SMILES string of the molecule is C=NC1=CCCN(CCC2CCCCC2)C1. The van der Waals surface area contributed by atoms with Gasteiger partial charge in [-0.05, 0) is 32.0 Å². The van der Waals surface area contributed by atoms with Gasteiger partial charge in [0.2, 0.25) is 0 Å². The molecular weight excluding hydrogens is 196 g/mol. The summed E-state index contributed by atoms with van der Waals surface area (Å²) in [5, 5.41) is 0. The fourth-order valence-electron chi connectivity index (χ4n) is 2.93. The molecule has 0 aromatic heterocycles. The molecule has 1 heterocycles. The van der Waals surface area contributed by atoms with Crippen LogP contribution in [0.4, 0.5) is 0 Å². The third kappa shape index (κ3) is 3.44. The van der Waals surface area contributed by atoms with E-state index in [1.165, 1.54) is 57.3 Å². The Balaban J connectivity index is 1.69. The average molecular weight is 220 g/mol. The van der Waals surface area contributed by atoms with E-state index in [0.717, 1.165) is 18.9 Å². The molecule has 0 aromatic carbocycles. The maximum atomic E-state index is 4.06. The fraction of sp³-hybridized carbons (Fsp3) is 0.786. The standard InChI is InChI=1S/C14H24N2/c1-15-14-8-5-10-16(12-14)11-9-13-6-3-2-4-7-13/h8,13H,1-7,9-12H2. The lowest BCUT2D eigenvalue weighted by Gasteiger charge is -2.28. The Kier molecular flexibility index (Phi) is 4.58. The van der Waals surface area contributed by atoms with Crippen molar-refractivity contribution in [3.63, 3.8) is 0 Å². The van der Waals surface area contributed by atoms with Crippen LogP contribution >= 0.6 is 0 Å². The van der Waals surface area contributed by atoms with Crippen LogP contribution in [0, 0.1) is 5.92 Å². The van der Waals surface area contributed by atoms with Crippen LogP contribution < -0.4 is 0 Å². The van der Waals surface area contributed by atoms with E-state index in [1.807, 2.05) is 0 Å². The molecule has 0 amide bonds. The summed E-state index contributed by atoms with van der Waals surface area (Å²) in [6.07, 6.45) is 12.1. The normalized spacial score (nSPS) is 24.1. The third-order valence-corrected chi connectivity index (χ3v) is 3.99. The van der Waals surface area contributed by atoms with Crippen molar-refractivity contribution < 1.29 is 0 Å². The van der Waals surface area contributed by atoms with Gasteiger partial charge in [0, 0.05) is 18.8 Å². The Morgan fingerprint density at radius 3 is 2.88 bits per heavy atom. The Labute approximate surface area is 99.4 Å². The second-order valence-electron chi connectivity index (χ2n) is 5.21. The summed E-state index contributed by atoms with van der Waals surface area (Å²) < 4.78 is 0. The molecule has 2 rings (SSSR count). The lowest BCUT2D eigenvalue weighted by molar-refractivity contribution is 0.241. The quantitative estimate of drug-likeness (QED) is 0.664. The van der Waals surface area contributed by atoms with Gasteiger partial charge in [-0.1, -0.05) is 38.2 Å². The summed E-state index contributed by atoms with van der Waals surface area (Å²) in [5.74, 6) is 1.000. The van der Waals surface area contributed by atoms with Crippen LogP contribution in [-0.4, -0.2) is 31.3 Å². The summed E-state index contributed by atoms with van der Waals surface area (Å²) in [4.78, 5) is 6.60. The summed E-state index contributed by atoms with van der Waals surface area (Å²) in [6, 6.07) is 0. The van der Waals surface area contributed by atoms with Crippen LogP contribution in [0.2, 0.25) is 0 Å². The summed E-state index contributed by atoms with van der Waals surface area (Å²) in [6.45, 7) is 7.12. The first-order valence-electron chi connectivity index (χ1n) is 6.76. The van der Waals surface area contributed by atoms with Crippen molar-refractivity contribution >= 4 is 6.72 Å². The van der Waals surface area contributed by atoms with Crippen molar-refractivity contribution in [2.75, 3.05) is 19.6 Å². The first-order chi connectivity index (χ1) is 7.88. The lowest BCUT2D eigenvalue weighted by Crippen LogP contribution is -2.31. The van der Waals surface area contributed by atoms with Crippen molar-refractivity contribution in [1.29, 1.82) is 0 Å². The second kappa shape index (κ2) is 6.19. The number of aliphatic imine (C=N–C) groups is 1. The van der Waals surface area contributed by atoms with Crippen molar-refractivity contribution in [3.8, 4) is 0 Å². The van der Waals surface area contributed by atoms with Gasteiger partial charge < -0.3 is 0 Å². The lowest BCUT2D eigenvalue weighted by atomic mass is 9.87. The highest BCUT2D eigenvalue weighted by molar-refractivity contribution is 5.29. The second-order valence-corrected chi connectivity index (χ2v) is 5.21. The summed E-state index contributed by atoms with van der Waals surface area (Å²) in [7, 11) is 0. The van der Waals surface area contributed by atoms with E-state index in [2.05, 4.69) is 22.7 Å². The van der Waals surface area contributed by atoms with Crippen molar-refractivity contribution in [2.45, 2.75) is 44.9 Å².